The molecule has 0 bridgehead atoms. The zero-order valence-corrected chi connectivity index (χ0v) is 13.3. The number of benzene rings is 1. The van der Waals surface area contributed by atoms with Gasteiger partial charge in [0.15, 0.2) is 6.79 Å². The Labute approximate surface area is 126 Å². The molecule has 0 aromatic heterocycles. The second kappa shape index (κ2) is 6.79. The first kappa shape index (κ1) is 15.6. The topological polar surface area (TPSA) is 30.5 Å². The van der Waals surface area contributed by atoms with Gasteiger partial charge in [0.25, 0.3) is 0 Å². The van der Waals surface area contributed by atoms with Crippen LogP contribution in [0, 0.1) is 5.92 Å². The van der Waals surface area contributed by atoms with Crippen LogP contribution in [-0.4, -0.2) is 18.9 Å². The van der Waals surface area contributed by atoms with Gasteiger partial charge in [-0.05, 0) is 45.6 Å². The SMILES string of the molecule is CC(C)(C)NCc1cccc(Cl)c1OCOCC1CC1. The second-order valence-electron chi connectivity index (χ2n) is 6.41. The summed E-state index contributed by atoms with van der Waals surface area (Å²) in [4.78, 5) is 0. The molecule has 1 aromatic carbocycles. The third-order valence-electron chi connectivity index (χ3n) is 3.19. The molecule has 0 atom stereocenters. The molecule has 2 rings (SSSR count). The number of hydrogen-bond donors (Lipinski definition) is 1. The van der Waals surface area contributed by atoms with Crippen LogP contribution >= 0.6 is 11.6 Å². The summed E-state index contributed by atoms with van der Waals surface area (Å²) in [5.74, 6) is 1.47. The van der Waals surface area contributed by atoms with Crippen molar-refractivity contribution in [3.8, 4) is 5.75 Å². The molecular weight excluding hydrogens is 274 g/mol. The van der Waals surface area contributed by atoms with E-state index in [-0.39, 0.29) is 12.3 Å². The molecule has 112 valence electrons. The molecule has 0 aliphatic heterocycles. The van der Waals surface area contributed by atoms with Crippen LogP contribution in [0.3, 0.4) is 0 Å². The number of rotatable bonds is 7. The minimum atomic E-state index is 0.0576. The summed E-state index contributed by atoms with van der Waals surface area (Å²) in [7, 11) is 0. The monoisotopic (exact) mass is 297 g/mol. The first-order valence-corrected chi connectivity index (χ1v) is 7.56. The van der Waals surface area contributed by atoms with E-state index in [2.05, 4.69) is 26.1 Å². The summed E-state index contributed by atoms with van der Waals surface area (Å²) in [5.41, 5.74) is 1.12. The van der Waals surface area contributed by atoms with E-state index >= 15 is 0 Å². The van der Waals surface area contributed by atoms with Gasteiger partial charge < -0.3 is 14.8 Å². The molecule has 0 heterocycles. The summed E-state index contributed by atoms with van der Waals surface area (Å²) in [6.07, 6.45) is 2.57. The predicted molar refractivity (Wildman–Crippen MR) is 82.2 cm³/mol. The molecule has 3 nitrogen and oxygen atoms in total. The molecule has 1 aromatic rings. The van der Waals surface area contributed by atoms with Crippen molar-refractivity contribution in [1.29, 1.82) is 0 Å². The van der Waals surface area contributed by atoms with E-state index in [1.807, 2.05) is 18.2 Å². The summed E-state index contributed by atoms with van der Waals surface area (Å²) < 4.78 is 11.2. The van der Waals surface area contributed by atoms with Crippen molar-refractivity contribution in [2.45, 2.75) is 45.7 Å². The Hall–Kier alpha value is -0.770. The molecule has 1 N–H and O–H groups in total. The van der Waals surface area contributed by atoms with Gasteiger partial charge in [-0.1, -0.05) is 23.7 Å². The van der Waals surface area contributed by atoms with Crippen LogP contribution in [0.25, 0.3) is 0 Å². The number of ether oxygens (including phenoxy) is 2. The molecule has 0 saturated heterocycles. The maximum absolute atomic E-state index is 6.22. The van der Waals surface area contributed by atoms with Gasteiger partial charge in [0.1, 0.15) is 5.75 Å². The molecule has 1 saturated carbocycles. The van der Waals surface area contributed by atoms with Gasteiger partial charge in [-0.25, -0.2) is 0 Å². The summed E-state index contributed by atoms with van der Waals surface area (Å²) in [6, 6.07) is 5.82. The Balaban J connectivity index is 1.90. The fourth-order valence-electron chi connectivity index (χ4n) is 1.81. The molecule has 0 radical (unpaired) electrons. The third kappa shape index (κ3) is 5.31. The third-order valence-corrected chi connectivity index (χ3v) is 3.49. The molecular formula is C16H24ClNO2. The van der Waals surface area contributed by atoms with Crippen molar-refractivity contribution in [2.75, 3.05) is 13.4 Å². The van der Waals surface area contributed by atoms with Crippen LogP contribution in [0.1, 0.15) is 39.2 Å². The Kier molecular flexibility index (Phi) is 5.30. The fraction of sp³-hybridized carbons (Fsp3) is 0.625. The maximum atomic E-state index is 6.22. The largest absolute Gasteiger partial charge is 0.466 e. The Morgan fingerprint density at radius 2 is 2.05 bits per heavy atom. The highest BCUT2D eigenvalue weighted by Crippen LogP contribution is 2.30. The smallest absolute Gasteiger partial charge is 0.189 e. The van der Waals surface area contributed by atoms with Crippen molar-refractivity contribution in [3.05, 3.63) is 28.8 Å². The van der Waals surface area contributed by atoms with E-state index in [1.165, 1.54) is 12.8 Å². The van der Waals surface area contributed by atoms with Crippen LogP contribution in [0.15, 0.2) is 18.2 Å². The normalized spacial score (nSPS) is 15.4. The minimum absolute atomic E-state index is 0.0576. The lowest BCUT2D eigenvalue weighted by atomic mass is 10.1. The molecule has 0 spiro atoms. The molecule has 0 unspecified atom stereocenters. The zero-order valence-electron chi connectivity index (χ0n) is 12.5. The quantitative estimate of drug-likeness (QED) is 0.610. The van der Waals surface area contributed by atoms with Gasteiger partial charge in [0.05, 0.1) is 11.6 Å². The van der Waals surface area contributed by atoms with Crippen LogP contribution < -0.4 is 10.1 Å². The molecule has 1 fully saturated rings. The van der Waals surface area contributed by atoms with Crippen molar-refractivity contribution >= 4 is 11.6 Å². The molecule has 1 aliphatic carbocycles. The lowest BCUT2D eigenvalue weighted by Crippen LogP contribution is -2.35. The average molecular weight is 298 g/mol. The van der Waals surface area contributed by atoms with Gasteiger partial charge in [0.2, 0.25) is 0 Å². The zero-order chi connectivity index (χ0) is 14.6. The van der Waals surface area contributed by atoms with Crippen molar-refractivity contribution in [3.63, 3.8) is 0 Å². The fourth-order valence-corrected chi connectivity index (χ4v) is 2.06. The number of halogens is 1. The summed E-state index contributed by atoms with van der Waals surface area (Å²) in [6.45, 7) is 8.19. The molecule has 0 amide bonds. The van der Waals surface area contributed by atoms with Gasteiger partial charge >= 0.3 is 0 Å². The molecule has 20 heavy (non-hydrogen) atoms. The van der Waals surface area contributed by atoms with Crippen LogP contribution in [0.5, 0.6) is 5.75 Å². The Bertz CT molecular complexity index is 439. The van der Waals surface area contributed by atoms with Gasteiger partial charge in [-0.2, -0.15) is 0 Å². The van der Waals surface area contributed by atoms with E-state index in [0.29, 0.717) is 5.02 Å². The lowest BCUT2D eigenvalue weighted by molar-refractivity contribution is 0.00944. The number of hydrogen-bond acceptors (Lipinski definition) is 3. The second-order valence-corrected chi connectivity index (χ2v) is 6.82. The summed E-state index contributed by atoms with van der Waals surface area (Å²) >= 11 is 6.22. The summed E-state index contributed by atoms with van der Waals surface area (Å²) in [5, 5.41) is 4.08. The van der Waals surface area contributed by atoms with Crippen molar-refractivity contribution in [1.82, 2.24) is 5.32 Å². The Morgan fingerprint density at radius 1 is 1.30 bits per heavy atom. The average Bonchev–Trinajstić information content (AvgIpc) is 3.17. The highest BCUT2D eigenvalue weighted by molar-refractivity contribution is 6.32. The van der Waals surface area contributed by atoms with E-state index in [0.717, 1.165) is 30.4 Å². The van der Waals surface area contributed by atoms with Gasteiger partial charge in [0, 0.05) is 17.6 Å². The number of nitrogens with one attached hydrogen (secondary N) is 1. The maximum Gasteiger partial charge on any atom is 0.189 e. The molecule has 4 heteroatoms. The van der Waals surface area contributed by atoms with E-state index < -0.39 is 0 Å². The van der Waals surface area contributed by atoms with Gasteiger partial charge in [-0.15, -0.1) is 0 Å². The van der Waals surface area contributed by atoms with Gasteiger partial charge in [-0.3, -0.25) is 0 Å². The van der Waals surface area contributed by atoms with Crippen molar-refractivity contribution in [2.24, 2.45) is 5.92 Å². The van der Waals surface area contributed by atoms with E-state index in [4.69, 9.17) is 21.1 Å². The highest BCUT2D eigenvalue weighted by Gasteiger charge is 2.21. The lowest BCUT2D eigenvalue weighted by Gasteiger charge is -2.22. The number of para-hydroxylation sites is 1. The highest BCUT2D eigenvalue weighted by atomic mass is 35.5. The van der Waals surface area contributed by atoms with E-state index in [1.54, 1.807) is 0 Å². The minimum Gasteiger partial charge on any atom is -0.466 e. The molecule has 1 aliphatic rings. The first-order valence-electron chi connectivity index (χ1n) is 7.19. The predicted octanol–water partition coefficient (Wildman–Crippen LogP) is 3.99. The standard InChI is InChI=1S/C16H24ClNO2/c1-16(2,3)18-9-13-5-4-6-14(17)15(13)20-11-19-10-12-7-8-12/h4-6,12,18H,7-11H2,1-3H3. The van der Waals surface area contributed by atoms with Crippen LogP contribution in [0.4, 0.5) is 0 Å². The first-order chi connectivity index (χ1) is 9.46. The van der Waals surface area contributed by atoms with Crippen LogP contribution in [0.2, 0.25) is 5.02 Å². The van der Waals surface area contributed by atoms with Crippen molar-refractivity contribution < 1.29 is 9.47 Å². The van der Waals surface area contributed by atoms with Crippen LogP contribution in [-0.2, 0) is 11.3 Å². The Morgan fingerprint density at radius 3 is 2.70 bits per heavy atom. The van der Waals surface area contributed by atoms with E-state index in [9.17, 15) is 0 Å².